The molecule has 1 aromatic rings. The molecule has 0 aromatic heterocycles. The van der Waals surface area contributed by atoms with Crippen LogP contribution in [-0.4, -0.2) is 53.7 Å². The average Bonchev–Trinajstić information content (AvgIpc) is 3.43. The maximum absolute atomic E-state index is 12.9. The number of hydrogen-bond donors (Lipinski definition) is 1. The molecule has 2 fully saturated rings. The number of aryl methyl sites for hydroxylation is 1. The minimum atomic E-state index is -0.917. The van der Waals surface area contributed by atoms with E-state index in [1.54, 1.807) is 16.7 Å². The topological polar surface area (TPSA) is 69.7 Å². The number of anilines is 1. The SMILES string of the molecule is CCc1ccccc1NC(=O)C1(C(=O)N2CCN(C(C)=O)CC2)CC1. The second kappa shape index (κ2) is 6.86. The lowest BCUT2D eigenvalue weighted by Crippen LogP contribution is -2.53. The van der Waals surface area contributed by atoms with Gasteiger partial charge in [0, 0.05) is 38.8 Å². The third kappa shape index (κ3) is 3.38. The standard InChI is InChI=1S/C19H25N3O3/c1-3-15-6-4-5-7-16(15)20-17(24)19(8-9-19)18(25)22-12-10-21(11-13-22)14(2)23/h4-7H,3,8-13H2,1-2H3,(H,20,24). The molecule has 1 aliphatic heterocycles. The second-order valence-electron chi connectivity index (χ2n) is 6.85. The van der Waals surface area contributed by atoms with E-state index in [0.29, 0.717) is 39.0 Å². The molecular formula is C19H25N3O3. The van der Waals surface area contributed by atoms with Gasteiger partial charge in [0.05, 0.1) is 0 Å². The Hall–Kier alpha value is -2.37. The van der Waals surface area contributed by atoms with Crippen LogP contribution in [0.2, 0.25) is 0 Å². The average molecular weight is 343 g/mol. The van der Waals surface area contributed by atoms with Crippen molar-refractivity contribution in [3.05, 3.63) is 29.8 Å². The lowest BCUT2D eigenvalue weighted by atomic mass is 10.0. The minimum absolute atomic E-state index is 0.0298. The minimum Gasteiger partial charge on any atom is -0.339 e. The molecule has 3 amide bonds. The molecule has 0 atom stereocenters. The molecule has 0 unspecified atom stereocenters. The van der Waals surface area contributed by atoms with Gasteiger partial charge in [0.25, 0.3) is 0 Å². The van der Waals surface area contributed by atoms with Gasteiger partial charge in [-0.25, -0.2) is 0 Å². The number of para-hydroxylation sites is 1. The molecule has 1 aliphatic carbocycles. The number of nitrogens with one attached hydrogen (secondary N) is 1. The summed E-state index contributed by atoms with van der Waals surface area (Å²) in [5.41, 5.74) is 0.934. The van der Waals surface area contributed by atoms with Crippen LogP contribution >= 0.6 is 0 Å². The Balaban J connectivity index is 1.66. The van der Waals surface area contributed by atoms with Gasteiger partial charge in [-0.15, -0.1) is 0 Å². The first-order valence-corrected chi connectivity index (χ1v) is 8.92. The van der Waals surface area contributed by atoms with Crippen molar-refractivity contribution in [1.29, 1.82) is 0 Å². The Morgan fingerprint density at radius 1 is 1.04 bits per heavy atom. The third-order valence-electron chi connectivity index (χ3n) is 5.25. The van der Waals surface area contributed by atoms with Crippen molar-refractivity contribution in [3.8, 4) is 0 Å². The van der Waals surface area contributed by atoms with E-state index in [0.717, 1.165) is 17.7 Å². The fourth-order valence-corrected chi connectivity index (χ4v) is 3.38. The van der Waals surface area contributed by atoms with E-state index in [1.807, 2.05) is 31.2 Å². The maximum atomic E-state index is 12.9. The second-order valence-corrected chi connectivity index (χ2v) is 6.85. The Kier molecular flexibility index (Phi) is 4.79. The van der Waals surface area contributed by atoms with E-state index < -0.39 is 5.41 Å². The van der Waals surface area contributed by atoms with Gasteiger partial charge in [0.15, 0.2) is 0 Å². The summed E-state index contributed by atoms with van der Waals surface area (Å²) < 4.78 is 0. The van der Waals surface area contributed by atoms with Crippen molar-refractivity contribution in [2.45, 2.75) is 33.1 Å². The first kappa shape index (κ1) is 17.5. The highest BCUT2D eigenvalue weighted by Gasteiger charge is 2.58. The van der Waals surface area contributed by atoms with E-state index >= 15 is 0 Å². The predicted octanol–water partition coefficient (Wildman–Crippen LogP) is 1.66. The number of piperazine rings is 1. The molecule has 1 heterocycles. The summed E-state index contributed by atoms with van der Waals surface area (Å²) in [6.45, 7) is 5.66. The van der Waals surface area contributed by atoms with Crippen molar-refractivity contribution in [2.24, 2.45) is 5.41 Å². The van der Waals surface area contributed by atoms with Crippen molar-refractivity contribution >= 4 is 23.4 Å². The molecule has 1 N–H and O–H groups in total. The third-order valence-corrected chi connectivity index (χ3v) is 5.25. The van der Waals surface area contributed by atoms with E-state index in [4.69, 9.17) is 0 Å². The van der Waals surface area contributed by atoms with Gasteiger partial charge in [0.2, 0.25) is 17.7 Å². The molecule has 2 aliphatic rings. The highest BCUT2D eigenvalue weighted by Crippen LogP contribution is 2.48. The monoisotopic (exact) mass is 343 g/mol. The van der Waals surface area contributed by atoms with Gasteiger partial charge in [-0.2, -0.15) is 0 Å². The summed E-state index contributed by atoms with van der Waals surface area (Å²) >= 11 is 0. The molecule has 0 bridgehead atoms. The van der Waals surface area contributed by atoms with Crippen molar-refractivity contribution < 1.29 is 14.4 Å². The van der Waals surface area contributed by atoms with Crippen LogP contribution in [0, 0.1) is 5.41 Å². The molecule has 3 rings (SSSR count). The fraction of sp³-hybridized carbons (Fsp3) is 0.526. The summed E-state index contributed by atoms with van der Waals surface area (Å²) in [5.74, 6) is -0.267. The van der Waals surface area contributed by atoms with Crippen LogP contribution in [0.3, 0.4) is 0 Å². The number of carbonyl (C=O) groups is 3. The zero-order valence-corrected chi connectivity index (χ0v) is 14.9. The van der Waals surface area contributed by atoms with E-state index in [-0.39, 0.29) is 17.7 Å². The lowest BCUT2D eigenvalue weighted by Gasteiger charge is -2.36. The zero-order valence-electron chi connectivity index (χ0n) is 14.9. The summed E-state index contributed by atoms with van der Waals surface area (Å²) in [6, 6.07) is 7.69. The largest absolute Gasteiger partial charge is 0.339 e. The highest BCUT2D eigenvalue weighted by atomic mass is 16.2. The van der Waals surface area contributed by atoms with Crippen LogP contribution in [-0.2, 0) is 20.8 Å². The molecular weight excluding hydrogens is 318 g/mol. The number of carbonyl (C=O) groups excluding carboxylic acids is 3. The molecule has 1 saturated carbocycles. The van der Waals surface area contributed by atoms with Crippen LogP contribution in [0.4, 0.5) is 5.69 Å². The first-order valence-electron chi connectivity index (χ1n) is 8.92. The van der Waals surface area contributed by atoms with Crippen LogP contribution in [0.5, 0.6) is 0 Å². The van der Waals surface area contributed by atoms with Gasteiger partial charge in [-0.05, 0) is 30.9 Å². The molecule has 0 radical (unpaired) electrons. The number of amides is 3. The summed E-state index contributed by atoms with van der Waals surface area (Å²) in [4.78, 5) is 40.6. The van der Waals surface area contributed by atoms with Crippen LogP contribution in [0.15, 0.2) is 24.3 Å². The van der Waals surface area contributed by atoms with Crippen molar-refractivity contribution in [1.82, 2.24) is 9.80 Å². The Labute approximate surface area is 148 Å². The quantitative estimate of drug-likeness (QED) is 0.845. The van der Waals surface area contributed by atoms with Gasteiger partial charge in [-0.3, -0.25) is 14.4 Å². The number of nitrogens with zero attached hydrogens (tertiary/aromatic N) is 2. The van der Waals surface area contributed by atoms with Crippen molar-refractivity contribution in [2.75, 3.05) is 31.5 Å². The number of rotatable bonds is 4. The van der Waals surface area contributed by atoms with E-state index in [9.17, 15) is 14.4 Å². The van der Waals surface area contributed by atoms with E-state index in [1.165, 1.54) is 0 Å². The van der Waals surface area contributed by atoms with Crippen LogP contribution < -0.4 is 5.32 Å². The van der Waals surface area contributed by atoms with Crippen LogP contribution in [0.1, 0.15) is 32.3 Å². The van der Waals surface area contributed by atoms with E-state index in [2.05, 4.69) is 5.32 Å². The molecule has 1 saturated heterocycles. The van der Waals surface area contributed by atoms with Gasteiger partial charge < -0.3 is 15.1 Å². The van der Waals surface area contributed by atoms with Gasteiger partial charge >= 0.3 is 0 Å². The summed E-state index contributed by atoms with van der Waals surface area (Å²) in [7, 11) is 0. The summed E-state index contributed by atoms with van der Waals surface area (Å²) in [6.07, 6.45) is 2.02. The van der Waals surface area contributed by atoms with Gasteiger partial charge in [-0.1, -0.05) is 25.1 Å². The molecule has 6 heteroatoms. The Morgan fingerprint density at radius 2 is 1.64 bits per heavy atom. The predicted molar refractivity (Wildman–Crippen MR) is 95.0 cm³/mol. The molecule has 0 spiro atoms. The number of benzene rings is 1. The van der Waals surface area contributed by atoms with Gasteiger partial charge in [0.1, 0.15) is 5.41 Å². The number of hydrogen-bond acceptors (Lipinski definition) is 3. The molecule has 6 nitrogen and oxygen atoms in total. The molecule has 134 valence electrons. The zero-order chi connectivity index (χ0) is 18.0. The highest BCUT2D eigenvalue weighted by molar-refractivity contribution is 6.13. The molecule has 25 heavy (non-hydrogen) atoms. The normalized spacial score (nSPS) is 18.6. The van der Waals surface area contributed by atoms with Crippen molar-refractivity contribution in [3.63, 3.8) is 0 Å². The Bertz CT molecular complexity index is 689. The Morgan fingerprint density at radius 3 is 2.20 bits per heavy atom. The fourth-order valence-electron chi connectivity index (χ4n) is 3.38. The van der Waals surface area contributed by atoms with Crippen LogP contribution in [0.25, 0.3) is 0 Å². The lowest BCUT2D eigenvalue weighted by molar-refractivity contribution is -0.146. The first-order chi connectivity index (χ1) is 12.0. The maximum Gasteiger partial charge on any atom is 0.240 e. The smallest absolute Gasteiger partial charge is 0.240 e. The molecule has 1 aromatic carbocycles. The summed E-state index contributed by atoms with van der Waals surface area (Å²) in [5, 5.41) is 2.96.